The van der Waals surface area contributed by atoms with E-state index in [0.29, 0.717) is 11.1 Å². The Hall–Kier alpha value is -6.62. The van der Waals surface area contributed by atoms with Crippen molar-refractivity contribution >= 4 is 66.4 Å². The van der Waals surface area contributed by atoms with Crippen molar-refractivity contribution in [2.45, 2.75) is 6.92 Å². The van der Waals surface area contributed by atoms with E-state index in [1.54, 1.807) is 0 Å². The maximum atomic E-state index is 9.49. The predicted molar refractivity (Wildman–Crippen MR) is 194 cm³/mol. The lowest BCUT2D eigenvalue weighted by Crippen LogP contribution is -2.12. The van der Waals surface area contributed by atoms with E-state index in [-0.39, 0.29) is 0 Å². The van der Waals surface area contributed by atoms with Gasteiger partial charge in [0.2, 0.25) is 0 Å². The van der Waals surface area contributed by atoms with Crippen LogP contribution in [0.4, 0.5) is 34.1 Å². The molecule has 0 saturated carbocycles. The molecule has 0 saturated heterocycles. The second-order valence-corrected chi connectivity index (χ2v) is 11.7. The molecule has 0 spiro atoms. The van der Waals surface area contributed by atoms with E-state index in [1.807, 2.05) is 60.7 Å². The van der Waals surface area contributed by atoms with Gasteiger partial charge >= 0.3 is 0 Å². The first-order valence-corrected chi connectivity index (χ1v) is 15.6. The van der Waals surface area contributed by atoms with Gasteiger partial charge in [-0.1, -0.05) is 66.7 Å². The molecule has 0 atom stereocenters. The fourth-order valence-electron chi connectivity index (χ4n) is 6.84. The van der Waals surface area contributed by atoms with Gasteiger partial charge in [0.1, 0.15) is 0 Å². The van der Waals surface area contributed by atoms with Crippen LogP contribution >= 0.6 is 0 Å². The highest BCUT2D eigenvalue weighted by atomic mass is 15.2. The van der Waals surface area contributed by atoms with Crippen LogP contribution in [0.3, 0.4) is 0 Å². The zero-order chi connectivity index (χ0) is 31.9. The van der Waals surface area contributed by atoms with Crippen molar-refractivity contribution in [3.05, 3.63) is 168 Å². The van der Waals surface area contributed by atoms with E-state index in [2.05, 4.69) is 120 Å². The monoisotopic (exact) mass is 600 g/mol. The standard InChI is InChI=1S/C43H28N4/c1-29-26-33-17-23-38-40(46(34-8-4-2-5-9-34)36-19-12-30(27-44)13-20-36)25-18-32-16-24-39(42(33)41(32)38)43(29)47(35-10-6-3-7-11-35)37-21-14-31(28-45)15-22-37/h2-26H,1H3. The fourth-order valence-corrected chi connectivity index (χ4v) is 6.84. The summed E-state index contributed by atoms with van der Waals surface area (Å²) in [7, 11) is 0. The number of para-hydroxylation sites is 2. The Balaban J connectivity index is 1.42. The smallest absolute Gasteiger partial charge is 0.0991 e. The summed E-state index contributed by atoms with van der Waals surface area (Å²) < 4.78 is 0. The second kappa shape index (κ2) is 11.4. The van der Waals surface area contributed by atoms with Crippen molar-refractivity contribution in [1.29, 1.82) is 10.5 Å². The highest BCUT2D eigenvalue weighted by molar-refractivity contribution is 6.28. The molecule has 8 aromatic rings. The number of rotatable bonds is 6. The van der Waals surface area contributed by atoms with Gasteiger partial charge in [-0.15, -0.1) is 0 Å². The fraction of sp³-hybridized carbons (Fsp3) is 0.0233. The van der Waals surface area contributed by atoms with Crippen LogP contribution in [-0.4, -0.2) is 0 Å². The minimum absolute atomic E-state index is 0.630. The van der Waals surface area contributed by atoms with Gasteiger partial charge in [-0.3, -0.25) is 0 Å². The maximum Gasteiger partial charge on any atom is 0.0991 e. The van der Waals surface area contributed by atoms with Crippen LogP contribution < -0.4 is 9.80 Å². The summed E-state index contributed by atoms with van der Waals surface area (Å²) >= 11 is 0. The molecular weight excluding hydrogens is 573 g/mol. The number of hydrogen-bond donors (Lipinski definition) is 0. The SMILES string of the molecule is Cc1cc2ccc3c(N(c4ccccc4)c4ccc(C#N)cc4)ccc4ccc(c1N(c1ccccc1)c1ccc(C#N)cc1)c2c43. The minimum Gasteiger partial charge on any atom is -0.310 e. The van der Waals surface area contributed by atoms with Gasteiger partial charge < -0.3 is 9.80 Å². The van der Waals surface area contributed by atoms with Crippen LogP contribution in [0.25, 0.3) is 32.3 Å². The molecule has 0 fully saturated rings. The zero-order valence-corrected chi connectivity index (χ0v) is 25.7. The molecule has 8 aromatic carbocycles. The molecule has 0 unspecified atom stereocenters. The number of nitrogens with zero attached hydrogens (tertiary/aromatic N) is 4. The molecule has 0 aromatic heterocycles. The Labute approximate surface area is 273 Å². The molecule has 220 valence electrons. The van der Waals surface area contributed by atoms with Gasteiger partial charge in [-0.2, -0.15) is 10.5 Å². The summed E-state index contributed by atoms with van der Waals surface area (Å²) in [5.74, 6) is 0. The third kappa shape index (κ3) is 4.68. The van der Waals surface area contributed by atoms with Gasteiger partial charge in [0.05, 0.1) is 34.6 Å². The average molecular weight is 601 g/mol. The summed E-state index contributed by atoms with van der Waals surface area (Å²) in [6, 6.07) is 56.5. The van der Waals surface area contributed by atoms with Crippen LogP contribution in [0, 0.1) is 29.6 Å². The second-order valence-electron chi connectivity index (χ2n) is 11.7. The van der Waals surface area contributed by atoms with Gasteiger partial charge in [0, 0.05) is 33.5 Å². The van der Waals surface area contributed by atoms with Gasteiger partial charge in [0.25, 0.3) is 0 Å². The van der Waals surface area contributed by atoms with Crippen molar-refractivity contribution in [2.24, 2.45) is 0 Å². The van der Waals surface area contributed by atoms with Crippen molar-refractivity contribution in [2.75, 3.05) is 9.80 Å². The Bertz CT molecular complexity index is 2470. The molecular formula is C43H28N4. The summed E-state index contributed by atoms with van der Waals surface area (Å²) in [6.45, 7) is 2.18. The quantitative estimate of drug-likeness (QED) is 0.178. The molecule has 47 heavy (non-hydrogen) atoms. The van der Waals surface area contributed by atoms with Crippen LogP contribution in [-0.2, 0) is 0 Å². The lowest BCUT2D eigenvalue weighted by molar-refractivity contribution is 1.27. The van der Waals surface area contributed by atoms with Crippen molar-refractivity contribution in [3.8, 4) is 12.1 Å². The Morgan fingerprint density at radius 1 is 0.447 bits per heavy atom. The third-order valence-electron chi connectivity index (χ3n) is 8.93. The number of nitriles is 2. The van der Waals surface area contributed by atoms with Crippen LogP contribution in [0.1, 0.15) is 16.7 Å². The molecule has 4 nitrogen and oxygen atoms in total. The van der Waals surface area contributed by atoms with Gasteiger partial charge in [-0.25, -0.2) is 0 Å². The first kappa shape index (κ1) is 27.9. The largest absolute Gasteiger partial charge is 0.310 e. The molecule has 0 N–H and O–H groups in total. The predicted octanol–water partition coefficient (Wildman–Crippen LogP) is 11.6. The van der Waals surface area contributed by atoms with E-state index in [0.717, 1.165) is 50.5 Å². The topological polar surface area (TPSA) is 54.1 Å². The van der Waals surface area contributed by atoms with Crippen molar-refractivity contribution < 1.29 is 0 Å². The normalized spacial score (nSPS) is 11.0. The molecule has 0 aliphatic heterocycles. The molecule has 0 radical (unpaired) electrons. The van der Waals surface area contributed by atoms with Crippen molar-refractivity contribution in [3.63, 3.8) is 0 Å². The molecule has 0 bridgehead atoms. The highest BCUT2D eigenvalue weighted by Crippen LogP contribution is 2.48. The minimum atomic E-state index is 0.630. The Morgan fingerprint density at radius 3 is 1.51 bits per heavy atom. The van der Waals surface area contributed by atoms with E-state index in [4.69, 9.17) is 0 Å². The summed E-state index contributed by atoms with van der Waals surface area (Å²) in [6.07, 6.45) is 0. The van der Waals surface area contributed by atoms with Gasteiger partial charge in [0.15, 0.2) is 0 Å². The molecule has 0 aliphatic carbocycles. The maximum absolute atomic E-state index is 9.49. The number of anilines is 6. The van der Waals surface area contributed by atoms with E-state index < -0.39 is 0 Å². The number of hydrogen-bond acceptors (Lipinski definition) is 4. The van der Waals surface area contributed by atoms with E-state index >= 15 is 0 Å². The molecule has 0 amide bonds. The van der Waals surface area contributed by atoms with E-state index in [9.17, 15) is 10.5 Å². The third-order valence-corrected chi connectivity index (χ3v) is 8.93. The molecule has 0 heterocycles. The summed E-state index contributed by atoms with van der Waals surface area (Å²) in [4.78, 5) is 4.57. The highest BCUT2D eigenvalue weighted by Gasteiger charge is 2.23. The Morgan fingerprint density at radius 2 is 0.915 bits per heavy atom. The molecule has 0 aliphatic rings. The molecule has 8 rings (SSSR count). The summed E-state index contributed by atoms with van der Waals surface area (Å²) in [5, 5.41) is 26.1. The number of aryl methyl sites for hydroxylation is 1. The van der Waals surface area contributed by atoms with Crippen molar-refractivity contribution in [1.82, 2.24) is 0 Å². The zero-order valence-electron chi connectivity index (χ0n) is 25.7. The first-order valence-electron chi connectivity index (χ1n) is 15.6. The van der Waals surface area contributed by atoms with Crippen LogP contribution in [0.5, 0.6) is 0 Å². The lowest BCUT2D eigenvalue weighted by Gasteiger charge is -2.30. The Kier molecular flexibility index (Phi) is 6.76. The molecule has 4 heteroatoms. The number of benzene rings is 8. The van der Waals surface area contributed by atoms with Gasteiger partial charge in [-0.05, 0) is 119 Å². The first-order chi connectivity index (χ1) is 23.1. The lowest BCUT2D eigenvalue weighted by atomic mass is 9.90. The average Bonchev–Trinajstić information content (AvgIpc) is 3.13. The van der Waals surface area contributed by atoms with Crippen LogP contribution in [0.15, 0.2) is 152 Å². The van der Waals surface area contributed by atoms with Crippen LogP contribution in [0.2, 0.25) is 0 Å². The summed E-state index contributed by atoms with van der Waals surface area (Å²) in [5.41, 5.74) is 8.66. The van der Waals surface area contributed by atoms with E-state index in [1.165, 1.54) is 21.5 Å².